The number of ether oxygens (including phenoxy) is 1. The third-order valence-electron chi connectivity index (χ3n) is 11.8. The number of anilines is 1. The third-order valence-corrected chi connectivity index (χ3v) is 11.8. The molecule has 2 N–H and O–H groups in total. The van der Waals surface area contributed by atoms with Crippen molar-refractivity contribution in [3.8, 4) is 11.1 Å². The van der Waals surface area contributed by atoms with Gasteiger partial charge in [-0.15, -0.1) is 0 Å². The highest BCUT2D eigenvalue weighted by atomic mass is 19.1. The topological polar surface area (TPSA) is 99.2 Å². The Kier molecular flexibility index (Phi) is 12.8. The fourth-order valence-electron chi connectivity index (χ4n) is 8.70. The van der Waals surface area contributed by atoms with Gasteiger partial charge in [-0.2, -0.15) is 0 Å². The molecule has 1 fully saturated rings. The van der Waals surface area contributed by atoms with Gasteiger partial charge in [0.15, 0.2) is 0 Å². The summed E-state index contributed by atoms with van der Waals surface area (Å²) in [6.45, 7) is 1.11. The zero-order valence-electron chi connectivity index (χ0n) is 34.6. The number of methoxy groups -OCH3 is 1. The van der Waals surface area contributed by atoms with Gasteiger partial charge in [0, 0.05) is 12.2 Å². The number of nitrogens with one attached hydrogen (secondary N) is 1. The minimum absolute atomic E-state index is 0.135. The van der Waals surface area contributed by atoms with Crippen LogP contribution in [0.5, 0.6) is 0 Å². The molecule has 5 aromatic carbocycles. The third kappa shape index (κ3) is 9.12. The number of halogens is 2. The number of hydrogen-bond acceptors (Lipinski definition) is 5. The normalized spacial score (nSPS) is 17.0. The lowest BCUT2D eigenvalue weighted by molar-refractivity contribution is -0.870. The van der Waals surface area contributed by atoms with Crippen molar-refractivity contribution in [2.45, 2.75) is 62.9 Å². The van der Waals surface area contributed by atoms with Gasteiger partial charge >= 0.3 is 6.09 Å². The van der Waals surface area contributed by atoms with Crippen LogP contribution in [-0.4, -0.2) is 73.2 Å². The summed E-state index contributed by atoms with van der Waals surface area (Å²) >= 11 is 0. The Labute approximate surface area is 350 Å². The molecule has 1 heterocycles. The number of aliphatic hydroxyl groups is 1. The number of carbonyl (C=O) groups is 3. The van der Waals surface area contributed by atoms with Gasteiger partial charge in [-0.25, -0.2) is 13.6 Å². The van der Waals surface area contributed by atoms with E-state index in [0.717, 1.165) is 57.3 Å². The number of benzene rings is 5. The molecule has 2 aliphatic rings. The fourth-order valence-corrected chi connectivity index (χ4v) is 8.70. The van der Waals surface area contributed by atoms with Crippen LogP contribution in [0, 0.1) is 17.6 Å². The summed E-state index contributed by atoms with van der Waals surface area (Å²) in [6, 6.07) is 33.4. The molecule has 11 heteroatoms. The first-order valence-corrected chi connectivity index (χ1v) is 20.6. The van der Waals surface area contributed by atoms with Crippen molar-refractivity contribution in [1.82, 2.24) is 10.2 Å². The Bertz CT molecular complexity index is 2250. The van der Waals surface area contributed by atoms with E-state index in [4.69, 9.17) is 4.74 Å². The molecule has 0 saturated carbocycles. The van der Waals surface area contributed by atoms with E-state index in [-0.39, 0.29) is 30.8 Å². The first-order chi connectivity index (χ1) is 28.8. The summed E-state index contributed by atoms with van der Waals surface area (Å²) in [4.78, 5) is 45.2. The molecule has 3 amide bonds. The minimum Gasteiger partial charge on any atom is -0.453 e. The summed E-state index contributed by atoms with van der Waals surface area (Å²) < 4.78 is 33.6. The molecule has 60 heavy (non-hydrogen) atoms. The quantitative estimate of drug-likeness (QED) is 0.0590. The molecule has 1 aliphatic heterocycles. The van der Waals surface area contributed by atoms with Crippen LogP contribution in [0.4, 0.5) is 19.3 Å². The average molecular weight is 816 g/mol. The lowest BCUT2D eigenvalue weighted by Gasteiger charge is -2.48. The van der Waals surface area contributed by atoms with E-state index in [1.165, 1.54) is 43.5 Å². The zero-order chi connectivity index (χ0) is 42.6. The van der Waals surface area contributed by atoms with E-state index in [1.807, 2.05) is 72.8 Å². The lowest BCUT2D eigenvalue weighted by Crippen LogP contribution is -2.55. The van der Waals surface area contributed by atoms with Crippen molar-refractivity contribution in [3.63, 3.8) is 0 Å². The molecule has 1 saturated heterocycles. The lowest BCUT2D eigenvalue weighted by atomic mass is 9.78. The molecule has 0 spiro atoms. The molecule has 1 aliphatic carbocycles. The van der Waals surface area contributed by atoms with Crippen LogP contribution < -0.4 is 10.2 Å². The monoisotopic (exact) mass is 815 g/mol. The van der Waals surface area contributed by atoms with Gasteiger partial charge in [-0.1, -0.05) is 84.9 Å². The number of fused-ring (bicyclic) bond motifs is 3. The van der Waals surface area contributed by atoms with Crippen molar-refractivity contribution in [3.05, 3.63) is 161 Å². The summed E-state index contributed by atoms with van der Waals surface area (Å²) in [5, 5.41) is 14.0. The molecule has 7 rings (SSSR count). The Hall–Kier alpha value is -5.91. The van der Waals surface area contributed by atoms with Crippen LogP contribution in [0.15, 0.2) is 121 Å². The van der Waals surface area contributed by atoms with Crippen molar-refractivity contribution < 1.29 is 37.5 Å². The maximum atomic E-state index is 14.5. The van der Waals surface area contributed by atoms with E-state index in [9.17, 15) is 28.3 Å². The van der Waals surface area contributed by atoms with Gasteiger partial charge in [0.2, 0.25) is 11.8 Å². The number of unbranched alkanes of at least 4 members (excludes halogenated alkanes) is 1. The first kappa shape index (κ1) is 42.2. The number of aliphatic hydroxyl groups excluding tert-OH is 1. The number of rotatable bonds is 16. The second kappa shape index (κ2) is 18.1. The molecule has 5 aromatic rings. The summed E-state index contributed by atoms with van der Waals surface area (Å²) in [7, 11) is 7.74. The van der Waals surface area contributed by atoms with Gasteiger partial charge in [-0.3, -0.25) is 14.5 Å². The predicted molar refractivity (Wildman–Crippen MR) is 228 cm³/mol. The molecular formula is C49H53F2N4O5+. The van der Waals surface area contributed by atoms with Gasteiger partial charge in [0.25, 0.3) is 0 Å². The van der Waals surface area contributed by atoms with Crippen molar-refractivity contribution >= 4 is 23.6 Å². The van der Waals surface area contributed by atoms with Gasteiger partial charge < -0.3 is 24.5 Å². The molecule has 9 nitrogen and oxygen atoms in total. The predicted octanol–water partition coefficient (Wildman–Crippen LogP) is 8.88. The molecule has 0 radical (unpaired) electrons. The number of carbonyl (C=O) groups excluding carboxylic acids is 3. The molecule has 4 atom stereocenters. The highest BCUT2D eigenvalue weighted by Gasteiger charge is 2.48. The average Bonchev–Trinajstić information content (AvgIpc) is 3.57. The number of quaternary nitrogens is 1. The molecule has 4 unspecified atom stereocenters. The van der Waals surface area contributed by atoms with Crippen molar-refractivity contribution in [2.75, 3.05) is 39.7 Å². The largest absolute Gasteiger partial charge is 0.453 e. The number of hydrogen-bond donors (Lipinski definition) is 2. The zero-order valence-corrected chi connectivity index (χ0v) is 34.6. The van der Waals surface area contributed by atoms with Crippen molar-refractivity contribution in [2.24, 2.45) is 5.92 Å². The van der Waals surface area contributed by atoms with Crippen LogP contribution in [0.25, 0.3) is 11.1 Å². The second-order valence-electron chi connectivity index (χ2n) is 16.8. The first-order valence-electron chi connectivity index (χ1n) is 20.6. The Morgan fingerprint density at radius 1 is 0.800 bits per heavy atom. The van der Waals surface area contributed by atoms with E-state index in [1.54, 1.807) is 21.9 Å². The standard InChI is InChI=1S/C49H52F2N4O5/c1-55(2,3)30-10-9-15-43(54(49(59)60-4)46-40-13-7-5-11-38(40)39-12-6-8-14-41(39)46)47(57)52-31-32-16-18-34(19-17-32)45-42(28-29-44(56)33-20-22-35(50)23-21-33)48(58)53(45)37-26-24-36(51)25-27-37/h5-8,11-14,16-27,42-46,56H,9-10,15,28-31H2,1-4H3/p+1. The van der Waals surface area contributed by atoms with Crippen LogP contribution in [-0.2, 0) is 20.9 Å². The van der Waals surface area contributed by atoms with Gasteiger partial charge in [-0.05, 0) is 107 Å². The highest BCUT2D eigenvalue weighted by Crippen LogP contribution is 2.48. The number of β-lactam (4-membered cyclic amide) rings is 1. The van der Waals surface area contributed by atoms with Gasteiger partial charge in [0.1, 0.15) is 17.7 Å². The SMILES string of the molecule is COC(=O)N(C(CCCC[N+](C)(C)C)C(=O)NCc1ccc(C2C(CCC(O)c3ccc(F)cc3)C(=O)N2c2ccc(F)cc2)cc1)C1c2ccccc2-c2ccccc21. The van der Waals surface area contributed by atoms with E-state index < -0.39 is 41.8 Å². The maximum Gasteiger partial charge on any atom is 0.410 e. The smallest absolute Gasteiger partial charge is 0.410 e. The summed E-state index contributed by atoms with van der Waals surface area (Å²) in [5.74, 6) is -1.68. The second-order valence-corrected chi connectivity index (χ2v) is 16.8. The van der Waals surface area contributed by atoms with E-state index >= 15 is 0 Å². The molecule has 0 aromatic heterocycles. The van der Waals surface area contributed by atoms with Crippen LogP contribution >= 0.6 is 0 Å². The minimum atomic E-state index is -0.875. The Balaban J connectivity index is 1.11. The van der Waals surface area contributed by atoms with E-state index in [0.29, 0.717) is 24.1 Å². The van der Waals surface area contributed by atoms with E-state index in [2.05, 4.69) is 26.5 Å². The van der Waals surface area contributed by atoms with Crippen LogP contribution in [0.1, 0.15) is 78.1 Å². The Morgan fingerprint density at radius 2 is 1.38 bits per heavy atom. The summed E-state index contributed by atoms with van der Waals surface area (Å²) in [5.41, 5.74) is 6.73. The number of nitrogens with zero attached hydrogens (tertiary/aromatic N) is 3. The highest BCUT2D eigenvalue weighted by molar-refractivity contribution is 6.03. The van der Waals surface area contributed by atoms with Crippen molar-refractivity contribution in [1.29, 1.82) is 0 Å². The maximum absolute atomic E-state index is 14.5. The van der Waals surface area contributed by atoms with Crippen LogP contribution in [0.3, 0.4) is 0 Å². The van der Waals surface area contributed by atoms with Crippen LogP contribution in [0.2, 0.25) is 0 Å². The van der Waals surface area contributed by atoms with Gasteiger partial charge in [0.05, 0.1) is 58.9 Å². The fraction of sp³-hybridized carbons (Fsp3) is 0.327. The molecular weight excluding hydrogens is 763 g/mol. The molecule has 0 bridgehead atoms. The Morgan fingerprint density at radius 3 is 1.97 bits per heavy atom. The molecule has 312 valence electrons. The number of amides is 3. The summed E-state index contributed by atoms with van der Waals surface area (Å²) in [6.07, 6.45) is 1.23.